The summed E-state index contributed by atoms with van der Waals surface area (Å²) in [6.45, 7) is 8.09. The van der Waals surface area contributed by atoms with Gasteiger partial charge in [-0.25, -0.2) is 4.98 Å². The molecule has 1 spiro atoms. The Labute approximate surface area is 213 Å². The number of nitrogens with one attached hydrogen (secondary N) is 1. The molecule has 3 saturated heterocycles. The highest BCUT2D eigenvalue weighted by molar-refractivity contribution is 5.86. The molecule has 0 bridgehead atoms. The number of likely N-dealkylation sites (tertiary alicyclic amines) is 2. The van der Waals surface area contributed by atoms with Gasteiger partial charge in [0.05, 0.1) is 6.33 Å². The molecule has 4 fully saturated rings. The first-order valence-electron chi connectivity index (χ1n) is 13.9. The van der Waals surface area contributed by atoms with Gasteiger partial charge in [0.15, 0.2) is 17.0 Å². The summed E-state index contributed by atoms with van der Waals surface area (Å²) in [5.74, 6) is 1.67. The van der Waals surface area contributed by atoms with Gasteiger partial charge in [0.2, 0.25) is 5.95 Å². The van der Waals surface area contributed by atoms with E-state index in [2.05, 4.69) is 55.9 Å². The van der Waals surface area contributed by atoms with Crippen molar-refractivity contribution in [1.29, 1.82) is 0 Å². The zero-order valence-electron chi connectivity index (χ0n) is 21.5. The van der Waals surface area contributed by atoms with E-state index in [-0.39, 0.29) is 0 Å². The Morgan fingerprint density at radius 1 is 0.917 bits per heavy atom. The third-order valence-corrected chi connectivity index (χ3v) is 8.72. The lowest BCUT2D eigenvalue weighted by Crippen LogP contribution is -2.70. The van der Waals surface area contributed by atoms with Crippen molar-refractivity contribution in [3.05, 3.63) is 36.2 Å². The van der Waals surface area contributed by atoms with Crippen molar-refractivity contribution < 1.29 is 0 Å². The van der Waals surface area contributed by atoms with Gasteiger partial charge in [-0.2, -0.15) is 9.97 Å². The second kappa shape index (κ2) is 8.99. The van der Waals surface area contributed by atoms with Gasteiger partial charge in [-0.05, 0) is 56.8 Å². The quantitative estimate of drug-likeness (QED) is 0.553. The Balaban J connectivity index is 1.11. The summed E-state index contributed by atoms with van der Waals surface area (Å²) < 4.78 is 2.31. The lowest BCUT2D eigenvalue weighted by Gasteiger charge is -2.59. The predicted molar refractivity (Wildman–Crippen MR) is 144 cm³/mol. The van der Waals surface area contributed by atoms with E-state index in [9.17, 15) is 0 Å². The van der Waals surface area contributed by atoms with E-state index in [1.807, 2.05) is 6.33 Å². The van der Waals surface area contributed by atoms with Gasteiger partial charge in [0.1, 0.15) is 0 Å². The number of benzene rings is 1. The third kappa shape index (κ3) is 4.14. The molecule has 1 N–H and O–H groups in total. The standard InChI is InChI=1S/C28H38N8/c1-33-16-28(17-33)18-34(19-28)15-21-9-11-22(12-10-21)30-25-24-26(36(20-29-24)23-7-3-4-8-23)32-27(31-25)35-13-5-2-6-14-35/h9-12,20,23H,2-8,13-19H2,1H3,(H,30,31,32). The molecule has 8 heteroatoms. The second-order valence-electron chi connectivity index (χ2n) is 11.8. The summed E-state index contributed by atoms with van der Waals surface area (Å²) in [7, 11) is 2.22. The molecule has 190 valence electrons. The fraction of sp³-hybridized carbons (Fsp3) is 0.607. The average Bonchev–Trinajstić information content (AvgIpc) is 3.53. The lowest BCUT2D eigenvalue weighted by molar-refractivity contribution is -0.107. The molecule has 3 aromatic rings. The molecule has 0 radical (unpaired) electrons. The van der Waals surface area contributed by atoms with Crippen molar-refractivity contribution in [2.75, 3.05) is 56.5 Å². The monoisotopic (exact) mass is 486 g/mol. The average molecular weight is 487 g/mol. The SMILES string of the molecule is CN1CC2(C1)CN(Cc1ccc(Nc3nc(N4CCCCC4)nc4c3ncn4C3CCCC3)cc1)C2. The second-order valence-corrected chi connectivity index (χ2v) is 11.8. The van der Waals surface area contributed by atoms with E-state index >= 15 is 0 Å². The molecule has 4 aliphatic rings. The fourth-order valence-corrected chi connectivity index (χ4v) is 7.08. The molecule has 1 aromatic carbocycles. The minimum absolute atomic E-state index is 0.507. The molecule has 0 atom stereocenters. The van der Waals surface area contributed by atoms with Crippen LogP contribution in [0.5, 0.6) is 0 Å². The normalized spacial score (nSPS) is 22.8. The maximum atomic E-state index is 5.06. The molecular formula is C28H38N8. The van der Waals surface area contributed by atoms with Crippen LogP contribution in [-0.2, 0) is 6.54 Å². The summed E-state index contributed by atoms with van der Waals surface area (Å²) in [4.78, 5) is 22.2. The predicted octanol–water partition coefficient (Wildman–Crippen LogP) is 4.42. The van der Waals surface area contributed by atoms with Crippen molar-refractivity contribution in [1.82, 2.24) is 29.3 Å². The molecule has 36 heavy (non-hydrogen) atoms. The molecule has 0 unspecified atom stereocenters. The first-order chi connectivity index (χ1) is 17.6. The van der Waals surface area contributed by atoms with Gasteiger partial charge in [0, 0.05) is 63.0 Å². The zero-order chi connectivity index (χ0) is 24.1. The van der Waals surface area contributed by atoms with Crippen molar-refractivity contribution in [2.45, 2.75) is 57.5 Å². The van der Waals surface area contributed by atoms with Crippen LogP contribution in [0, 0.1) is 5.41 Å². The summed E-state index contributed by atoms with van der Waals surface area (Å²) in [6, 6.07) is 9.38. The van der Waals surface area contributed by atoms with Crippen molar-refractivity contribution in [3.63, 3.8) is 0 Å². The number of hydrogen-bond acceptors (Lipinski definition) is 7. The smallest absolute Gasteiger partial charge is 0.229 e. The van der Waals surface area contributed by atoms with Gasteiger partial charge in [-0.3, -0.25) is 4.90 Å². The first-order valence-corrected chi connectivity index (χ1v) is 13.9. The Bertz CT molecular complexity index is 1210. The van der Waals surface area contributed by atoms with Gasteiger partial charge in [-0.15, -0.1) is 0 Å². The van der Waals surface area contributed by atoms with Gasteiger partial charge >= 0.3 is 0 Å². The molecule has 0 amide bonds. The highest BCUT2D eigenvalue weighted by Gasteiger charge is 2.49. The lowest BCUT2D eigenvalue weighted by atomic mass is 9.73. The third-order valence-electron chi connectivity index (χ3n) is 8.72. The summed E-state index contributed by atoms with van der Waals surface area (Å²) in [6.07, 6.45) is 10.7. The Hall–Kier alpha value is -2.71. The van der Waals surface area contributed by atoms with Crippen molar-refractivity contribution >= 4 is 28.6 Å². The largest absolute Gasteiger partial charge is 0.341 e. The van der Waals surface area contributed by atoms with E-state index in [1.54, 1.807) is 0 Å². The van der Waals surface area contributed by atoms with Gasteiger partial charge in [0.25, 0.3) is 0 Å². The number of aromatic nitrogens is 4. The summed E-state index contributed by atoms with van der Waals surface area (Å²) in [5, 5.41) is 3.60. The number of piperidine rings is 1. The fourth-order valence-electron chi connectivity index (χ4n) is 7.08. The Morgan fingerprint density at radius 3 is 2.39 bits per heavy atom. The van der Waals surface area contributed by atoms with Crippen LogP contribution in [0.15, 0.2) is 30.6 Å². The Morgan fingerprint density at radius 2 is 1.67 bits per heavy atom. The minimum atomic E-state index is 0.507. The van der Waals surface area contributed by atoms with E-state index in [0.717, 1.165) is 48.3 Å². The first kappa shape index (κ1) is 22.5. The van der Waals surface area contributed by atoms with Crippen LogP contribution in [0.2, 0.25) is 0 Å². The molecular weight excluding hydrogens is 448 g/mol. The van der Waals surface area contributed by atoms with Crippen molar-refractivity contribution in [2.24, 2.45) is 5.41 Å². The summed E-state index contributed by atoms with van der Waals surface area (Å²) >= 11 is 0. The van der Waals surface area contributed by atoms with Gasteiger partial charge in [-0.1, -0.05) is 25.0 Å². The molecule has 2 aromatic heterocycles. The van der Waals surface area contributed by atoms with E-state index in [1.165, 1.54) is 76.7 Å². The van der Waals surface area contributed by atoms with Crippen molar-refractivity contribution in [3.8, 4) is 0 Å². The summed E-state index contributed by atoms with van der Waals surface area (Å²) in [5.41, 5.74) is 4.87. The highest BCUT2D eigenvalue weighted by Crippen LogP contribution is 2.39. The van der Waals surface area contributed by atoms with Crippen LogP contribution in [0.4, 0.5) is 17.5 Å². The molecule has 1 aliphatic carbocycles. The maximum Gasteiger partial charge on any atom is 0.229 e. The molecule has 3 aliphatic heterocycles. The number of imidazole rings is 1. The van der Waals surface area contributed by atoms with Crippen LogP contribution in [0.25, 0.3) is 11.2 Å². The van der Waals surface area contributed by atoms with Crippen LogP contribution >= 0.6 is 0 Å². The molecule has 8 nitrogen and oxygen atoms in total. The van der Waals surface area contributed by atoms with E-state index in [0.29, 0.717) is 11.5 Å². The Kier molecular flexibility index (Phi) is 5.62. The topological polar surface area (TPSA) is 65.3 Å². The van der Waals surface area contributed by atoms with E-state index in [4.69, 9.17) is 15.0 Å². The van der Waals surface area contributed by atoms with Crippen LogP contribution in [0.1, 0.15) is 56.6 Å². The van der Waals surface area contributed by atoms with Gasteiger partial charge < -0.3 is 19.7 Å². The number of rotatable bonds is 6. The zero-order valence-corrected chi connectivity index (χ0v) is 21.5. The van der Waals surface area contributed by atoms with Crippen LogP contribution < -0.4 is 10.2 Å². The molecule has 1 saturated carbocycles. The van der Waals surface area contributed by atoms with E-state index < -0.39 is 0 Å². The molecule has 7 rings (SSSR count). The number of nitrogens with zero attached hydrogens (tertiary/aromatic N) is 7. The number of fused-ring (bicyclic) bond motifs is 1. The minimum Gasteiger partial charge on any atom is -0.341 e. The van der Waals surface area contributed by atoms with Crippen LogP contribution in [-0.4, -0.2) is 75.6 Å². The molecule has 5 heterocycles. The number of anilines is 3. The maximum absolute atomic E-state index is 5.06. The number of hydrogen-bond donors (Lipinski definition) is 1. The highest BCUT2D eigenvalue weighted by atomic mass is 15.3. The van der Waals surface area contributed by atoms with Crippen LogP contribution in [0.3, 0.4) is 0 Å².